The van der Waals surface area contributed by atoms with Gasteiger partial charge in [-0.2, -0.15) is 13.2 Å². The first kappa shape index (κ1) is 27.3. The quantitative estimate of drug-likeness (QED) is 0.304. The number of nitrogens with two attached hydrogens (primary N) is 1. The van der Waals surface area contributed by atoms with Crippen molar-refractivity contribution in [3.8, 4) is 5.88 Å². The Balaban J connectivity index is 2.14. The molecular formula is C21H25F4N5O3S. The van der Waals surface area contributed by atoms with E-state index in [1.807, 2.05) is 6.92 Å². The number of aromatic nitrogens is 2. The minimum absolute atomic E-state index is 0.162. The van der Waals surface area contributed by atoms with Crippen molar-refractivity contribution >= 4 is 28.5 Å². The first-order valence-corrected chi connectivity index (χ1v) is 10.7. The largest absolute Gasteiger partial charge is 0.464 e. The highest BCUT2D eigenvalue weighted by Crippen LogP contribution is 2.31. The topological polar surface area (TPSA) is 112 Å². The summed E-state index contributed by atoms with van der Waals surface area (Å²) in [5.74, 6) is -1.54. The van der Waals surface area contributed by atoms with E-state index in [1.165, 1.54) is 37.1 Å². The molecule has 0 fully saturated rings. The van der Waals surface area contributed by atoms with E-state index >= 15 is 0 Å². The van der Waals surface area contributed by atoms with E-state index in [0.29, 0.717) is 10.7 Å². The normalized spacial score (nSPS) is 14.9. The first-order valence-electron chi connectivity index (χ1n) is 9.92. The van der Waals surface area contributed by atoms with Crippen LogP contribution >= 0.6 is 11.8 Å². The fraction of sp³-hybridized carbons (Fsp3) is 0.429. The van der Waals surface area contributed by atoms with Crippen LogP contribution in [0, 0.1) is 5.82 Å². The van der Waals surface area contributed by atoms with Crippen molar-refractivity contribution in [2.45, 2.75) is 37.3 Å². The third-order valence-corrected chi connectivity index (χ3v) is 5.65. The lowest BCUT2D eigenvalue weighted by Gasteiger charge is -2.28. The number of methoxy groups -OCH3 is 1. The van der Waals surface area contributed by atoms with Crippen molar-refractivity contribution in [2.75, 3.05) is 26.1 Å². The summed E-state index contributed by atoms with van der Waals surface area (Å²) in [5, 5.41) is 2.88. The van der Waals surface area contributed by atoms with Crippen molar-refractivity contribution in [3.05, 3.63) is 47.7 Å². The third kappa shape index (κ3) is 7.83. The molecule has 0 aliphatic rings. The number of halogens is 4. The van der Waals surface area contributed by atoms with Gasteiger partial charge in [0, 0.05) is 24.6 Å². The number of thioether (sulfide) groups is 1. The van der Waals surface area contributed by atoms with Crippen LogP contribution < -0.4 is 15.8 Å². The average molecular weight is 504 g/mol. The zero-order valence-electron chi connectivity index (χ0n) is 18.9. The second-order valence-electron chi connectivity index (χ2n) is 7.53. The van der Waals surface area contributed by atoms with E-state index < -0.39 is 28.8 Å². The molecule has 186 valence electrons. The summed E-state index contributed by atoms with van der Waals surface area (Å²) in [5.41, 5.74) is 6.26. The number of amides is 1. The monoisotopic (exact) mass is 503 g/mol. The van der Waals surface area contributed by atoms with Gasteiger partial charge < -0.3 is 20.5 Å². The van der Waals surface area contributed by atoms with Gasteiger partial charge in [0.2, 0.25) is 5.88 Å². The molecule has 3 N–H and O–H groups in total. The highest BCUT2D eigenvalue weighted by atomic mass is 32.2. The third-order valence-electron chi connectivity index (χ3n) is 4.51. The van der Waals surface area contributed by atoms with Crippen molar-refractivity contribution in [1.82, 2.24) is 9.97 Å². The Morgan fingerprint density at radius 2 is 2.00 bits per heavy atom. The number of amidine groups is 1. The molecule has 1 aromatic carbocycles. The van der Waals surface area contributed by atoms with Crippen molar-refractivity contribution in [1.29, 1.82) is 0 Å². The molecule has 2 rings (SSSR count). The van der Waals surface area contributed by atoms with E-state index in [-0.39, 0.29) is 30.3 Å². The van der Waals surface area contributed by atoms with Gasteiger partial charge in [-0.05, 0) is 44.0 Å². The molecule has 2 aromatic rings. The number of nitrogens with zero attached hydrogens (tertiary/aromatic N) is 3. The van der Waals surface area contributed by atoms with Gasteiger partial charge in [-0.25, -0.2) is 14.4 Å². The number of anilines is 1. The Morgan fingerprint density at radius 1 is 1.29 bits per heavy atom. The van der Waals surface area contributed by atoms with E-state index in [4.69, 9.17) is 10.5 Å². The number of rotatable bonds is 9. The Bertz CT molecular complexity index is 1020. The molecule has 1 amide bonds. The lowest BCUT2D eigenvalue weighted by molar-refractivity contribution is -0.190. The number of ether oxygens (including phenoxy) is 2. The van der Waals surface area contributed by atoms with E-state index in [2.05, 4.69) is 25.0 Å². The smallest absolute Gasteiger partial charge is 0.425 e. The molecule has 0 saturated carbocycles. The van der Waals surface area contributed by atoms with Crippen LogP contribution in [-0.4, -0.2) is 58.8 Å². The number of hydrogen-bond donors (Lipinski definition) is 2. The van der Waals surface area contributed by atoms with Crippen LogP contribution in [0.3, 0.4) is 0 Å². The summed E-state index contributed by atoms with van der Waals surface area (Å²) in [6.07, 6.45) is -4.52. The SMILES string of the molecule is CN=C(N)S[C@@](C)(COC)Cc1cc(NC(=O)c2cnc(OC(C)C(F)(F)F)cn2)ccc1F. The number of aliphatic imine (C=N–C) groups is 1. The number of nitrogens with one attached hydrogen (secondary N) is 1. The lowest BCUT2D eigenvalue weighted by Crippen LogP contribution is -2.33. The summed E-state index contributed by atoms with van der Waals surface area (Å²) in [4.78, 5) is 23.9. The zero-order valence-corrected chi connectivity index (χ0v) is 19.8. The lowest BCUT2D eigenvalue weighted by atomic mass is 10.00. The van der Waals surface area contributed by atoms with Gasteiger partial charge in [0.25, 0.3) is 5.91 Å². The molecule has 0 spiro atoms. The van der Waals surface area contributed by atoms with E-state index in [0.717, 1.165) is 19.3 Å². The molecule has 1 unspecified atom stereocenters. The average Bonchev–Trinajstić information content (AvgIpc) is 2.75. The molecule has 34 heavy (non-hydrogen) atoms. The molecule has 8 nitrogen and oxygen atoms in total. The predicted octanol–water partition coefficient (Wildman–Crippen LogP) is 3.82. The number of hydrogen-bond acceptors (Lipinski definition) is 7. The van der Waals surface area contributed by atoms with E-state index in [1.54, 1.807) is 7.05 Å². The minimum atomic E-state index is -4.56. The van der Waals surface area contributed by atoms with Crippen molar-refractivity contribution in [2.24, 2.45) is 10.7 Å². The Morgan fingerprint density at radius 3 is 2.56 bits per heavy atom. The molecule has 0 bridgehead atoms. The van der Waals surface area contributed by atoms with Crippen LogP contribution in [-0.2, 0) is 11.2 Å². The van der Waals surface area contributed by atoms with Gasteiger partial charge in [-0.1, -0.05) is 11.8 Å². The minimum Gasteiger partial charge on any atom is -0.464 e. The maximum absolute atomic E-state index is 14.5. The van der Waals surface area contributed by atoms with Crippen molar-refractivity contribution < 1.29 is 31.8 Å². The molecule has 0 radical (unpaired) electrons. The molecule has 0 saturated heterocycles. The molecule has 13 heteroatoms. The maximum Gasteiger partial charge on any atom is 0.425 e. The number of carbonyl (C=O) groups excluding carboxylic acids is 1. The highest BCUT2D eigenvalue weighted by molar-refractivity contribution is 8.15. The fourth-order valence-electron chi connectivity index (χ4n) is 2.85. The molecule has 2 atom stereocenters. The Hall–Kier alpha value is -2.93. The van der Waals surface area contributed by atoms with Gasteiger partial charge in [0.15, 0.2) is 11.3 Å². The van der Waals surface area contributed by atoms with Crippen LogP contribution in [0.25, 0.3) is 0 Å². The van der Waals surface area contributed by atoms with Crippen LogP contribution in [0.4, 0.5) is 23.2 Å². The Kier molecular flexibility index (Phi) is 9.21. The summed E-state index contributed by atoms with van der Waals surface area (Å²) >= 11 is 1.25. The molecule has 1 heterocycles. The maximum atomic E-state index is 14.5. The summed E-state index contributed by atoms with van der Waals surface area (Å²) in [7, 11) is 3.07. The molecular weight excluding hydrogens is 478 g/mol. The fourth-order valence-corrected chi connectivity index (χ4v) is 3.85. The van der Waals surface area contributed by atoms with Gasteiger partial charge in [0.05, 0.1) is 19.0 Å². The van der Waals surface area contributed by atoms with Gasteiger partial charge in [0.1, 0.15) is 11.5 Å². The predicted molar refractivity (Wildman–Crippen MR) is 122 cm³/mol. The van der Waals surface area contributed by atoms with Crippen LogP contribution in [0.15, 0.2) is 35.6 Å². The zero-order chi connectivity index (χ0) is 25.5. The second-order valence-corrected chi connectivity index (χ2v) is 9.13. The van der Waals surface area contributed by atoms with Crippen molar-refractivity contribution in [3.63, 3.8) is 0 Å². The standard InChI is InChI=1S/C21H25F4N5O3S/c1-12(21(23,24)25)33-17-10-28-16(9-29-17)18(31)30-14-5-6-15(22)13(7-14)8-20(2,11-32-4)34-19(26)27-3/h5-7,9-10,12H,8,11H2,1-4H3,(H2,26,27)(H,30,31)/t12?,20-/m1/s1. The molecule has 0 aliphatic carbocycles. The summed E-state index contributed by atoms with van der Waals surface area (Å²) < 4.78 is 61.6. The summed E-state index contributed by atoms with van der Waals surface area (Å²) in [6, 6.07) is 4.05. The number of benzene rings is 1. The second kappa shape index (κ2) is 11.5. The highest BCUT2D eigenvalue weighted by Gasteiger charge is 2.38. The molecule has 0 aliphatic heterocycles. The molecule has 1 aromatic heterocycles. The van der Waals surface area contributed by atoms with Crippen LogP contribution in [0.5, 0.6) is 5.88 Å². The first-order chi connectivity index (χ1) is 15.9. The Labute approximate surface area is 198 Å². The van der Waals surface area contributed by atoms with E-state index in [9.17, 15) is 22.4 Å². The van der Waals surface area contributed by atoms with Gasteiger partial charge in [-0.15, -0.1) is 0 Å². The summed E-state index contributed by atoms with van der Waals surface area (Å²) in [6.45, 7) is 2.94. The van der Waals surface area contributed by atoms with Crippen LogP contribution in [0.1, 0.15) is 29.9 Å². The van der Waals surface area contributed by atoms with Gasteiger partial charge in [-0.3, -0.25) is 9.79 Å². The van der Waals surface area contributed by atoms with Crippen LogP contribution in [0.2, 0.25) is 0 Å². The number of alkyl halides is 3. The van der Waals surface area contributed by atoms with Gasteiger partial charge >= 0.3 is 6.18 Å². The number of carbonyl (C=O) groups is 1.